The Labute approximate surface area is 85.2 Å². The Morgan fingerprint density at radius 1 is 1.36 bits per heavy atom. The number of carbonyl (C=O) groups excluding carboxylic acids is 1. The Morgan fingerprint density at radius 2 is 2.21 bits per heavy atom. The van der Waals surface area contributed by atoms with Gasteiger partial charge in [0.1, 0.15) is 4.88 Å². The molecule has 0 fully saturated rings. The van der Waals surface area contributed by atoms with Crippen LogP contribution >= 0.6 is 11.3 Å². The summed E-state index contributed by atoms with van der Waals surface area (Å²) in [4.78, 5) is 15.8. The predicted octanol–water partition coefficient (Wildman–Crippen LogP) is 1.91. The zero-order chi connectivity index (χ0) is 9.97. The van der Waals surface area contributed by atoms with Crippen LogP contribution in [0.2, 0.25) is 0 Å². The van der Waals surface area contributed by atoms with Gasteiger partial charge in [0.2, 0.25) is 0 Å². The molecule has 3 nitrogen and oxygen atoms in total. The normalized spacial score (nSPS) is 10.0. The first kappa shape index (κ1) is 8.90. The molecule has 2 heterocycles. The molecule has 0 atom stereocenters. The first-order valence-corrected chi connectivity index (χ1v) is 4.95. The van der Waals surface area contributed by atoms with Gasteiger partial charge in [0, 0.05) is 11.8 Å². The standard InChI is InChI=1S/C10H8N2OS/c11-10(13)9-7(4-6-14-9)8-3-1-2-5-12-8/h1-6H,(H2,11,13). The number of hydrogen-bond donors (Lipinski definition) is 1. The molecule has 0 aliphatic heterocycles. The monoisotopic (exact) mass is 204 g/mol. The number of carbonyl (C=O) groups is 1. The van der Waals surface area contributed by atoms with Gasteiger partial charge in [-0.1, -0.05) is 6.07 Å². The number of pyridine rings is 1. The molecule has 2 aromatic rings. The Kier molecular flexibility index (Phi) is 2.28. The molecule has 14 heavy (non-hydrogen) atoms. The molecular weight excluding hydrogens is 196 g/mol. The second-order valence-corrected chi connectivity index (χ2v) is 3.66. The number of nitrogens with two attached hydrogens (primary N) is 1. The van der Waals surface area contributed by atoms with Gasteiger partial charge < -0.3 is 5.73 Å². The van der Waals surface area contributed by atoms with Crippen molar-refractivity contribution >= 4 is 17.2 Å². The van der Waals surface area contributed by atoms with Crippen LogP contribution in [0, 0.1) is 0 Å². The highest BCUT2D eigenvalue weighted by atomic mass is 32.1. The van der Waals surface area contributed by atoms with Crippen LogP contribution in [0.25, 0.3) is 11.3 Å². The van der Waals surface area contributed by atoms with E-state index < -0.39 is 5.91 Å². The summed E-state index contributed by atoms with van der Waals surface area (Å²) in [6.07, 6.45) is 1.69. The van der Waals surface area contributed by atoms with E-state index in [1.165, 1.54) is 11.3 Å². The van der Waals surface area contributed by atoms with E-state index in [4.69, 9.17) is 5.73 Å². The minimum atomic E-state index is -0.402. The Hall–Kier alpha value is -1.68. The molecule has 0 bridgehead atoms. The summed E-state index contributed by atoms with van der Waals surface area (Å²) in [6.45, 7) is 0. The molecule has 0 radical (unpaired) electrons. The van der Waals surface area contributed by atoms with Gasteiger partial charge in [-0.05, 0) is 23.6 Å². The molecule has 0 saturated heterocycles. The van der Waals surface area contributed by atoms with Gasteiger partial charge in [-0.3, -0.25) is 9.78 Å². The van der Waals surface area contributed by atoms with Crippen molar-refractivity contribution in [3.63, 3.8) is 0 Å². The average molecular weight is 204 g/mol. The van der Waals surface area contributed by atoms with Crippen molar-refractivity contribution in [2.24, 2.45) is 5.73 Å². The fourth-order valence-electron chi connectivity index (χ4n) is 1.22. The number of amides is 1. The van der Waals surface area contributed by atoms with Crippen LogP contribution < -0.4 is 5.73 Å². The maximum atomic E-state index is 11.1. The summed E-state index contributed by atoms with van der Waals surface area (Å²) < 4.78 is 0. The molecule has 0 aromatic carbocycles. The molecule has 1 amide bonds. The van der Waals surface area contributed by atoms with Crippen molar-refractivity contribution < 1.29 is 4.79 Å². The largest absolute Gasteiger partial charge is 0.365 e. The zero-order valence-corrected chi connectivity index (χ0v) is 8.12. The topological polar surface area (TPSA) is 56.0 Å². The van der Waals surface area contributed by atoms with E-state index in [1.807, 2.05) is 29.6 Å². The van der Waals surface area contributed by atoms with E-state index in [9.17, 15) is 4.79 Å². The van der Waals surface area contributed by atoms with E-state index in [1.54, 1.807) is 6.20 Å². The van der Waals surface area contributed by atoms with Crippen molar-refractivity contribution in [1.29, 1.82) is 0 Å². The summed E-state index contributed by atoms with van der Waals surface area (Å²) >= 11 is 1.34. The molecule has 0 unspecified atom stereocenters. The van der Waals surface area contributed by atoms with Gasteiger partial charge in [-0.25, -0.2) is 0 Å². The van der Waals surface area contributed by atoms with Crippen molar-refractivity contribution in [2.45, 2.75) is 0 Å². The quantitative estimate of drug-likeness (QED) is 0.812. The van der Waals surface area contributed by atoms with Gasteiger partial charge in [0.25, 0.3) is 5.91 Å². The van der Waals surface area contributed by atoms with Crippen LogP contribution in [0.3, 0.4) is 0 Å². The molecule has 70 valence electrons. The minimum absolute atomic E-state index is 0.402. The van der Waals surface area contributed by atoms with E-state index in [0.717, 1.165) is 11.3 Å². The van der Waals surface area contributed by atoms with Crippen LogP contribution in [0.15, 0.2) is 35.8 Å². The molecule has 2 rings (SSSR count). The van der Waals surface area contributed by atoms with Crippen molar-refractivity contribution in [2.75, 3.05) is 0 Å². The second-order valence-electron chi connectivity index (χ2n) is 2.74. The molecule has 2 N–H and O–H groups in total. The third-order valence-corrected chi connectivity index (χ3v) is 2.76. The SMILES string of the molecule is NC(=O)c1sccc1-c1ccccn1. The van der Waals surface area contributed by atoms with E-state index in [-0.39, 0.29) is 0 Å². The smallest absolute Gasteiger partial charge is 0.259 e. The fourth-order valence-corrected chi connectivity index (χ4v) is 1.98. The minimum Gasteiger partial charge on any atom is -0.365 e. The Bertz CT molecular complexity index is 450. The van der Waals surface area contributed by atoms with Gasteiger partial charge >= 0.3 is 0 Å². The zero-order valence-electron chi connectivity index (χ0n) is 7.31. The highest BCUT2D eigenvalue weighted by Crippen LogP contribution is 2.25. The van der Waals surface area contributed by atoms with Gasteiger partial charge in [-0.15, -0.1) is 11.3 Å². The highest BCUT2D eigenvalue weighted by Gasteiger charge is 2.11. The number of rotatable bonds is 2. The van der Waals surface area contributed by atoms with E-state index >= 15 is 0 Å². The van der Waals surface area contributed by atoms with Crippen LogP contribution in [0.4, 0.5) is 0 Å². The number of nitrogens with zero attached hydrogens (tertiary/aromatic N) is 1. The summed E-state index contributed by atoms with van der Waals surface area (Å²) in [6, 6.07) is 7.42. The predicted molar refractivity (Wildman–Crippen MR) is 56.1 cm³/mol. The maximum absolute atomic E-state index is 11.1. The lowest BCUT2D eigenvalue weighted by molar-refractivity contribution is 0.100. The Morgan fingerprint density at radius 3 is 2.86 bits per heavy atom. The third kappa shape index (κ3) is 1.52. The van der Waals surface area contributed by atoms with Gasteiger partial charge in [-0.2, -0.15) is 0 Å². The number of hydrogen-bond acceptors (Lipinski definition) is 3. The molecule has 0 aliphatic rings. The van der Waals surface area contributed by atoms with Crippen molar-refractivity contribution in [1.82, 2.24) is 4.98 Å². The number of aromatic nitrogens is 1. The first-order chi connectivity index (χ1) is 6.79. The third-order valence-electron chi connectivity index (χ3n) is 1.83. The molecule has 2 aromatic heterocycles. The maximum Gasteiger partial charge on any atom is 0.259 e. The number of primary amides is 1. The summed E-state index contributed by atoms with van der Waals surface area (Å²) in [5.41, 5.74) is 6.83. The number of thiophene rings is 1. The summed E-state index contributed by atoms with van der Waals surface area (Å²) in [7, 11) is 0. The van der Waals surface area contributed by atoms with E-state index in [0.29, 0.717) is 4.88 Å². The van der Waals surface area contributed by atoms with Crippen LogP contribution in [-0.2, 0) is 0 Å². The molecule has 0 spiro atoms. The van der Waals surface area contributed by atoms with Crippen LogP contribution in [0.5, 0.6) is 0 Å². The summed E-state index contributed by atoms with van der Waals surface area (Å²) in [5.74, 6) is -0.402. The fraction of sp³-hybridized carbons (Fsp3) is 0. The average Bonchev–Trinajstić information content (AvgIpc) is 2.67. The first-order valence-electron chi connectivity index (χ1n) is 4.08. The van der Waals surface area contributed by atoms with Crippen LogP contribution in [-0.4, -0.2) is 10.9 Å². The van der Waals surface area contributed by atoms with Gasteiger partial charge in [0.15, 0.2) is 0 Å². The van der Waals surface area contributed by atoms with Crippen LogP contribution in [0.1, 0.15) is 9.67 Å². The van der Waals surface area contributed by atoms with Gasteiger partial charge in [0.05, 0.1) is 5.69 Å². The molecule has 4 heteroatoms. The van der Waals surface area contributed by atoms with Crippen molar-refractivity contribution in [3.8, 4) is 11.3 Å². The molecular formula is C10H8N2OS. The Balaban J connectivity index is 2.52. The lowest BCUT2D eigenvalue weighted by atomic mass is 10.1. The molecule has 0 saturated carbocycles. The van der Waals surface area contributed by atoms with E-state index in [2.05, 4.69) is 4.98 Å². The lowest BCUT2D eigenvalue weighted by Gasteiger charge is -1.98. The summed E-state index contributed by atoms with van der Waals surface area (Å²) in [5, 5.41) is 1.84. The van der Waals surface area contributed by atoms with Crippen molar-refractivity contribution in [3.05, 3.63) is 40.7 Å². The molecule has 0 aliphatic carbocycles. The highest BCUT2D eigenvalue weighted by molar-refractivity contribution is 7.12. The second kappa shape index (κ2) is 3.59. The lowest BCUT2D eigenvalue weighted by Crippen LogP contribution is -2.09.